The van der Waals surface area contributed by atoms with Gasteiger partial charge in [0.2, 0.25) is 0 Å². The van der Waals surface area contributed by atoms with Gasteiger partial charge in [-0.15, -0.1) is 16.4 Å². The molecule has 98 valence electrons. The van der Waals surface area contributed by atoms with Gasteiger partial charge in [-0.3, -0.25) is 0 Å². The summed E-state index contributed by atoms with van der Waals surface area (Å²) in [5, 5.41) is 11.1. The Bertz CT molecular complexity index is 659. The molecule has 7 heteroatoms. The SMILES string of the molecule is CC(Br)c1cn(Cc2csc(-c3ccco3)n2)nn1. The van der Waals surface area contributed by atoms with Crippen LogP contribution in [0.15, 0.2) is 34.4 Å². The summed E-state index contributed by atoms with van der Waals surface area (Å²) in [6, 6.07) is 3.76. The molecule has 19 heavy (non-hydrogen) atoms. The minimum absolute atomic E-state index is 0.204. The summed E-state index contributed by atoms with van der Waals surface area (Å²) >= 11 is 5.03. The smallest absolute Gasteiger partial charge is 0.162 e. The van der Waals surface area contributed by atoms with Crippen molar-refractivity contribution >= 4 is 27.3 Å². The standard InChI is InChI=1S/C12H11BrN4OS/c1-8(13)10-6-17(16-15-10)5-9-7-19-12(14-9)11-3-2-4-18-11/h2-4,6-8H,5H2,1H3. The molecular formula is C12H11BrN4OS. The Morgan fingerprint density at radius 2 is 2.42 bits per heavy atom. The second kappa shape index (κ2) is 5.26. The molecule has 3 rings (SSSR count). The zero-order valence-corrected chi connectivity index (χ0v) is 12.6. The van der Waals surface area contributed by atoms with Crippen molar-refractivity contribution < 1.29 is 4.42 Å². The molecule has 0 aliphatic carbocycles. The molecule has 0 bridgehead atoms. The second-order valence-electron chi connectivity index (χ2n) is 4.08. The largest absolute Gasteiger partial charge is 0.462 e. The van der Waals surface area contributed by atoms with Crippen molar-refractivity contribution in [3.05, 3.63) is 41.4 Å². The molecule has 0 aliphatic rings. The monoisotopic (exact) mass is 338 g/mol. The quantitative estimate of drug-likeness (QED) is 0.683. The molecule has 0 radical (unpaired) electrons. The molecule has 3 aromatic rings. The predicted molar refractivity (Wildman–Crippen MR) is 76.3 cm³/mol. The summed E-state index contributed by atoms with van der Waals surface area (Å²) in [7, 11) is 0. The van der Waals surface area contributed by atoms with Gasteiger partial charge < -0.3 is 4.42 Å². The van der Waals surface area contributed by atoms with Crippen LogP contribution < -0.4 is 0 Å². The molecule has 0 saturated carbocycles. The molecule has 1 unspecified atom stereocenters. The Balaban J connectivity index is 1.76. The summed E-state index contributed by atoms with van der Waals surface area (Å²) in [6.45, 7) is 2.64. The number of rotatable bonds is 4. The molecule has 1 atom stereocenters. The van der Waals surface area contributed by atoms with E-state index in [2.05, 4.69) is 31.2 Å². The van der Waals surface area contributed by atoms with Gasteiger partial charge in [0.05, 0.1) is 35.2 Å². The van der Waals surface area contributed by atoms with Crippen LogP contribution >= 0.6 is 27.3 Å². The van der Waals surface area contributed by atoms with Crippen LogP contribution in [-0.4, -0.2) is 20.0 Å². The van der Waals surface area contributed by atoms with E-state index in [1.54, 1.807) is 22.3 Å². The minimum Gasteiger partial charge on any atom is -0.462 e. The first-order chi connectivity index (χ1) is 9.22. The average Bonchev–Trinajstić information content (AvgIpc) is 3.09. The van der Waals surface area contributed by atoms with Crippen LogP contribution in [0.5, 0.6) is 0 Å². The fourth-order valence-corrected chi connectivity index (χ4v) is 2.62. The van der Waals surface area contributed by atoms with Gasteiger partial charge >= 0.3 is 0 Å². The maximum atomic E-state index is 5.33. The van der Waals surface area contributed by atoms with Crippen LogP contribution in [0.3, 0.4) is 0 Å². The third-order valence-electron chi connectivity index (χ3n) is 2.57. The van der Waals surface area contributed by atoms with Crippen LogP contribution in [0.25, 0.3) is 10.8 Å². The van der Waals surface area contributed by atoms with E-state index in [0.717, 1.165) is 22.2 Å². The van der Waals surface area contributed by atoms with Crippen molar-refractivity contribution in [1.82, 2.24) is 20.0 Å². The van der Waals surface area contributed by atoms with Crippen molar-refractivity contribution in [2.45, 2.75) is 18.3 Å². The maximum Gasteiger partial charge on any atom is 0.162 e. The summed E-state index contributed by atoms with van der Waals surface area (Å²) in [4.78, 5) is 4.73. The van der Waals surface area contributed by atoms with E-state index in [1.165, 1.54) is 0 Å². The molecule has 5 nitrogen and oxygen atoms in total. The van der Waals surface area contributed by atoms with E-state index >= 15 is 0 Å². The zero-order chi connectivity index (χ0) is 13.2. The molecule has 0 fully saturated rings. The van der Waals surface area contributed by atoms with Crippen molar-refractivity contribution in [2.75, 3.05) is 0 Å². The van der Waals surface area contributed by atoms with Gasteiger partial charge in [-0.25, -0.2) is 9.67 Å². The van der Waals surface area contributed by atoms with Crippen LogP contribution in [0.2, 0.25) is 0 Å². The van der Waals surface area contributed by atoms with E-state index in [-0.39, 0.29) is 4.83 Å². The molecule has 0 N–H and O–H groups in total. The van der Waals surface area contributed by atoms with Gasteiger partial charge in [-0.2, -0.15) is 0 Å². The third kappa shape index (κ3) is 2.76. The molecule has 0 aliphatic heterocycles. The Morgan fingerprint density at radius 3 is 3.11 bits per heavy atom. The number of alkyl halides is 1. The van der Waals surface area contributed by atoms with Gasteiger partial charge in [-0.05, 0) is 19.1 Å². The summed E-state index contributed by atoms with van der Waals surface area (Å²) in [5.74, 6) is 0.796. The number of halogens is 1. The molecule has 3 heterocycles. The molecular weight excluding hydrogens is 328 g/mol. The summed E-state index contributed by atoms with van der Waals surface area (Å²) < 4.78 is 7.11. The Kier molecular flexibility index (Phi) is 3.48. The first kappa shape index (κ1) is 12.6. The third-order valence-corrected chi connectivity index (χ3v) is 3.95. The summed E-state index contributed by atoms with van der Waals surface area (Å²) in [5.41, 5.74) is 1.87. The van der Waals surface area contributed by atoms with Crippen molar-refractivity contribution in [2.24, 2.45) is 0 Å². The first-order valence-electron chi connectivity index (χ1n) is 5.75. The van der Waals surface area contributed by atoms with Gasteiger partial charge in [0, 0.05) is 5.38 Å². The predicted octanol–water partition coefficient (Wildman–Crippen LogP) is 3.50. The lowest BCUT2D eigenvalue weighted by Crippen LogP contribution is -2.00. The summed E-state index contributed by atoms with van der Waals surface area (Å²) in [6.07, 6.45) is 3.57. The number of furan rings is 1. The molecule has 0 amide bonds. The number of hydrogen-bond donors (Lipinski definition) is 0. The molecule has 0 saturated heterocycles. The highest BCUT2D eigenvalue weighted by Crippen LogP contribution is 2.24. The lowest BCUT2D eigenvalue weighted by molar-refractivity contribution is 0.581. The molecule has 0 spiro atoms. The van der Waals surface area contributed by atoms with Crippen molar-refractivity contribution in [3.63, 3.8) is 0 Å². The minimum atomic E-state index is 0.204. The zero-order valence-electron chi connectivity index (χ0n) is 10.2. The van der Waals surface area contributed by atoms with Gasteiger partial charge in [0.25, 0.3) is 0 Å². The fourth-order valence-electron chi connectivity index (χ4n) is 1.63. The highest BCUT2D eigenvalue weighted by atomic mass is 79.9. The number of hydrogen-bond acceptors (Lipinski definition) is 5. The Labute approximate surface area is 122 Å². The Hall–Kier alpha value is -1.47. The van der Waals surface area contributed by atoms with Crippen molar-refractivity contribution in [3.8, 4) is 10.8 Å². The molecule has 3 aromatic heterocycles. The fraction of sp³-hybridized carbons (Fsp3) is 0.250. The molecule has 0 aromatic carbocycles. The van der Waals surface area contributed by atoms with E-state index in [1.807, 2.05) is 30.6 Å². The van der Waals surface area contributed by atoms with E-state index in [0.29, 0.717) is 6.54 Å². The van der Waals surface area contributed by atoms with Gasteiger partial charge in [0.15, 0.2) is 10.8 Å². The van der Waals surface area contributed by atoms with Crippen molar-refractivity contribution in [1.29, 1.82) is 0 Å². The van der Waals surface area contributed by atoms with Gasteiger partial charge in [-0.1, -0.05) is 21.1 Å². The first-order valence-corrected chi connectivity index (χ1v) is 7.54. The number of nitrogens with zero attached hydrogens (tertiary/aromatic N) is 4. The van der Waals surface area contributed by atoms with E-state index in [4.69, 9.17) is 4.42 Å². The topological polar surface area (TPSA) is 56.7 Å². The van der Waals surface area contributed by atoms with Crippen LogP contribution in [0.1, 0.15) is 23.1 Å². The van der Waals surface area contributed by atoms with E-state index in [9.17, 15) is 0 Å². The lowest BCUT2D eigenvalue weighted by Gasteiger charge is -1.96. The van der Waals surface area contributed by atoms with Crippen LogP contribution in [0, 0.1) is 0 Å². The van der Waals surface area contributed by atoms with E-state index < -0.39 is 0 Å². The Morgan fingerprint density at radius 1 is 1.53 bits per heavy atom. The highest BCUT2D eigenvalue weighted by molar-refractivity contribution is 9.09. The highest BCUT2D eigenvalue weighted by Gasteiger charge is 2.10. The normalized spacial score (nSPS) is 12.7. The van der Waals surface area contributed by atoms with Crippen LogP contribution in [-0.2, 0) is 6.54 Å². The second-order valence-corrected chi connectivity index (χ2v) is 6.31. The van der Waals surface area contributed by atoms with Crippen LogP contribution in [0.4, 0.5) is 0 Å². The number of aromatic nitrogens is 4. The maximum absolute atomic E-state index is 5.33. The van der Waals surface area contributed by atoms with Gasteiger partial charge in [0.1, 0.15) is 0 Å². The number of thiazole rings is 1. The average molecular weight is 339 g/mol. The lowest BCUT2D eigenvalue weighted by atomic mass is 10.4.